The van der Waals surface area contributed by atoms with Crippen molar-refractivity contribution in [3.05, 3.63) is 28.2 Å². The van der Waals surface area contributed by atoms with Crippen LogP contribution in [0.1, 0.15) is 45.1 Å². The molecule has 2 atom stereocenters. The minimum Gasteiger partial charge on any atom is -0.371 e. The summed E-state index contributed by atoms with van der Waals surface area (Å²) >= 11 is 3.60. The number of anilines is 1. The number of hydrogen-bond donors (Lipinski definition) is 1. The second-order valence-corrected chi connectivity index (χ2v) is 7.08. The fourth-order valence-corrected chi connectivity index (χ4v) is 3.37. The Morgan fingerprint density at radius 3 is 2.90 bits per heavy atom. The highest BCUT2D eigenvalue weighted by Gasteiger charge is 2.17. The smallest absolute Gasteiger partial charge is 0.0400 e. The van der Waals surface area contributed by atoms with E-state index in [-0.39, 0.29) is 6.04 Å². The Kier molecular flexibility index (Phi) is 5.91. The Morgan fingerprint density at radius 2 is 2.15 bits per heavy atom. The zero-order valence-electron chi connectivity index (χ0n) is 12.7. The van der Waals surface area contributed by atoms with Gasteiger partial charge >= 0.3 is 0 Å². The predicted octanol–water partition coefficient (Wildman–Crippen LogP) is 4.36. The first kappa shape index (κ1) is 15.8. The number of nitrogens with two attached hydrogens (primary N) is 1. The van der Waals surface area contributed by atoms with E-state index in [2.05, 4.69) is 52.9 Å². The number of benzene rings is 1. The third-order valence-corrected chi connectivity index (χ3v) is 4.90. The fourth-order valence-electron chi connectivity index (χ4n) is 2.96. The molecule has 3 heteroatoms. The van der Waals surface area contributed by atoms with E-state index in [1.807, 2.05) is 0 Å². The molecule has 1 aromatic rings. The lowest BCUT2D eigenvalue weighted by Crippen LogP contribution is -2.27. The molecule has 2 unspecified atom stereocenters. The van der Waals surface area contributed by atoms with Gasteiger partial charge in [0.2, 0.25) is 0 Å². The SMILES string of the molecule is CCC(N)Cc1cc(Br)ccc1N1CCCC(C)CC1. The summed E-state index contributed by atoms with van der Waals surface area (Å²) in [4.78, 5) is 2.56. The summed E-state index contributed by atoms with van der Waals surface area (Å²) in [7, 11) is 0. The number of halogens is 1. The van der Waals surface area contributed by atoms with Crippen molar-refractivity contribution in [3.8, 4) is 0 Å². The second kappa shape index (κ2) is 7.46. The molecule has 0 aliphatic carbocycles. The molecule has 20 heavy (non-hydrogen) atoms. The molecule has 0 aromatic heterocycles. The monoisotopic (exact) mass is 338 g/mol. The molecule has 1 aliphatic rings. The largest absolute Gasteiger partial charge is 0.371 e. The molecule has 1 aromatic carbocycles. The minimum absolute atomic E-state index is 0.258. The van der Waals surface area contributed by atoms with E-state index in [0.29, 0.717) is 0 Å². The van der Waals surface area contributed by atoms with Crippen LogP contribution in [0.2, 0.25) is 0 Å². The lowest BCUT2D eigenvalue weighted by atomic mass is 10.0. The summed E-state index contributed by atoms with van der Waals surface area (Å²) in [5, 5.41) is 0. The van der Waals surface area contributed by atoms with Crippen molar-refractivity contribution in [2.75, 3.05) is 18.0 Å². The normalized spacial score (nSPS) is 21.6. The van der Waals surface area contributed by atoms with Crippen LogP contribution in [0, 0.1) is 5.92 Å². The Bertz CT molecular complexity index is 433. The van der Waals surface area contributed by atoms with Crippen LogP contribution >= 0.6 is 15.9 Å². The number of rotatable bonds is 4. The number of nitrogens with zero attached hydrogens (tertiary/aromatic N) is 1. The average molecular weight is 339 g/mol. The summed E-state index contributed by atoms with van der Waals surface area (Å²) in [6.07, 6.45) is 5.96. The molecular formula is C17H27BrN2. The van der Waals surface area contributed by atoms with Crippen molar-refractivity contribution in [1.29, 1.82) is 0 Å². The van der Waals surface area contributed by atoms with E-state index in [1.54, 1.807) is 0 Å². The highest BCUT2D eigenvalue weighted by Crippen LogP contribution is 2.29. The van der Waals surface area contributed by atoms with Gasteiger partial charge in [0.25, 0.3) is 0 Å². The zero-order chi connectivity index (χ0) is 14.5. The van der Waals surface area contributed by atoms with Crippen molar-refractivity contribution >= 4 is 21.6 Å². The van der Waals surface area contributed by atoms with Crippen molar-refractivity contribution < 1.29 is 0 Å². The van der Waals surface area contributed by atoms with Crippen molar-refractivity contribution in [1.82, 2.24) is 0 Å². The van der Waals surface area contributed by atoms with Crippen molar-refractivity contribution in [2.45, 2.75) is 52.0 Å². The lowest BCUT2D eigenvalue weighted by molar-refractivity contribution is 0.521. The summed E-state index contributed by atoms with van der Waals surface area (Å²) in [5.41, 5.74) is 8.96. The van der Waals surface area contributed by atoms with Gasteiger partial charge < -0.3 is 10.6 Å². The van der Waals surface area contributed by atoms with Crippen molar-refractivity contribution in [2.24, 2.45) is 11.7 Å². The van der Waals surface area contributed by atoms with Gasteiger partial charge in [0, 0.05) is 29.3 Å². The molecule has 0 saturated carbocycles. The fraction of sp³-hybridized carbons (Fsp3) is 0.647. The first-order chi connectivity index (χ1) is 9.60. The molecule has 0 spiro atoms. The van der Waals surface area contributed by atoms with E-state index in [4.69, 9.17) is 5.73 Å². The third kappa shape index (κ3) is 4.23. The predicted molar refractivity (Wildman–Crippen MR) is 91.3 cm³/mol. The average Bonchev–Trinajstić information content (AvgIpc) is 2.64. The second-order valence-electron chi connectivity index (χ2n) is 6.17. The molecule has 1 heterocycles. The molecule has 2 nitrogen and oxygen atoms in total. The topological polar surface area (TPSA) is 29.3 Å². The Balaban J connectivity index is 2.20. The molecule has 2 N–H and O–H groups in total. The van der Waals surface area contributed by atoms with Crippen LogP contribution in [0.3, 0.4) is 0 Å². The Hall–Kier alpha value is -0.540. The van der Waals surface area contributed by atoms with Gasteiger partial charge in [-0.2, -0.15) is 0 Å². The lowest BCUT2D eigenvalue weighted by Gasteiger charge is -2.26. The van der Waals surface area contributed by atoms with Gasteiger partial charge in [0.1, 0.15) is 0 Å². The van der Waals surface area contributed by atoms with Crippen LogP contribution in [0.25, 0.3) is 0 Å². The maximum Gasteiger partial charge on any atom is 0.0400 e. The molecule has 1 aliphatic heterocycles. The van der Waals surface area contributed by atoms with Crippen LogP contribution < -0.4 is 10.6 Å². The summed E-state index contributed by atoms with van der Waals surface area (Å²) in [6.45, 7) is 6.90. The highest BCUT2D eigenvalue weighted by atomic mass is 79.9. The maximum atomic E-state index is 6.17. The van der Waals surface area contributed by atoms with Gasteiger partial charge in [-0.1, -0.05) is 29.8 Å². The van der Waals surface area contributed by atoms with Crippen LogP contribution in [0.15, 0.2) is 22.7 Å². The van der Waals surface area contributed by atoms with E-state index in [9.17, 15) is 0 Å². The molecule has 0 radical (unpaired) electrons. The van der Waals surface area contributed by atoms with Gasteiger partial charge in [0.15, 0.2) is 0 Å². The molecular weight excluding hydrogens is 312 g/mol. The molecule has 112 valence electrons. The zero-order valence-corrected chi connectivity index (χ0v) is 14.3. The van der Waals surface area contributed by atoms with Gasteiger partial charge in [-0.3, -0.25) is 0 Å². The van der Waals surface area contributed by atoms with E-state index >= 15 is 0 Å². The molecule has 0 bridgehead atoms. The van der Waals surface area contributed by atoms with E-state index in [1.165, 1.54) is 43.6 Å². The first-order valence-corrected chi connectivity index (χ1v) is 8.68. The minimum atomic E-state index is 0.258. The van der Waals surface area contributed by atoms with Crippen molar-refractivity contribution in [3.63, 3.8) is 0 Å². The molecule has 1 fully saturated rings. The standard InChI is InChI=1S/C17H27BrN2/c1-3-16(19)12-14-11-15(18)6-7-17(14)20-9-4-5-13(2)8-10-20/h6-7,11,13,16H,3-5,8-10,12,19H2,1-2H3. The quantitative estimate of drug-likeness (QED) is 0.883. The highest BCUT2D eigenvalue weighted by molar-refractivity contribution is 9.10. The van der Waals surface area contributed by atoms with Gasteiger partial charge in [-0.05, 0) is 61.8 Å². The Labute approximate surface area is 131 Å². The summed E-state index contributed by atoms with van der Waals surface area (Å²) in [5.74, 6) is 0.858. The van der Waals surface area contributed by atoms with Crippen LogP contribution in [-0.4, -0.2) is 19.1 Å². The van der Waals surface area contributed by atoms with E-state index < -0.39 is 0 Å². The van der Waals surface area contributed by atoms with Crippen LogP contribution in [0.4, 0.5) is 5.69 Å². The van der Waals surface area contributed by atoms with Gasteiger partial charge in [-0.15, -0.1) is 0 Å². The third-order valence-electron chi connectivity index (χ3n) is 4.41. The molecule has 0 amide bonds. The molecule has 1 saturated heterocycles. The number of hydrogen-bond acceptors (Lipinski definition) is 2. The van der Waals surface area contributed by atoms with Gasteiger partial charge in [-0.25, -0.2) is 0 Å². The van der Waals surface area contributed by atoms with Crippen LogP contribution in [0.5, 0.6) is 0 Å². The summed E-state index contributed by atoms with van der Waals surface area (Å²) in [6, 6.07) is 6.93. The maximum absolute atomic E-state index is 6.17. The Morgan fingerprint density at radius 1 is 1.35 bits per heavy atom. The van der Waals surface area contributed by atoms with Gasteiger partial charge in [0.05, 0.1) is 0 Å². The van der Waals surface area contributed by atoms with Crippen LogP contribution in [-0.2, 0) is 6.42 Å². The van der Waals surface area contributed by atoms with E-state index in [0.717, 1.165) is 23.2 Å². The first-order valence-electron chi connectivity index (χ1n) is 7.89. The summed E-state index contributed by atoms with van der Waals surface area (Å²) < 4.78 is 1.16. The molecule has 2 rings (SSSR count).